The lowest BCUT2D eigenvalue weighted by atomic mass is 10.1. The number of carbonyl (C=O) groups is 1. The quantitative estimate of drug-likeness (QED) is 0.893. The van der Waals surface area contributed by atoms with Crippen LogP contribution in [0.1, 0.15) is 39.2 Å². The summed E-state index contributed by atoms with van der Waals surface area (Å²) in [7, 11) is 0. The molecule has 1 aromatic heterocycles. The van der Waals surface area contributed by atoms with Crippen LogP contribution in [-0.2, 0) is 4.74 Å². The average Bonchev–Trinajstić information content (AvgIpc) is 2.78. The Bertz CT molecular complexity index is 583. The second kappa shape index (κ2) is 6.71. The Hall–Kier alpha value is -1.52. The predicted molar refractivity (Wildman–Crippen MR) is 86.4 cm³/mol. The third-order valence-corrected chi connectivity index (χ3v) is 4.53. The molecule has 1 fully saturated rings. The number of nitriles is 1. The zero-order valence-electron chi connectivity index (χ0n) is 12.9. The van der Waals surface area contributed by atoms with Gasteiger partial charge in [0, 0.05) is 19.1 Å². The summed E-state index contributed by atoms with van der Waals surface area (Å²) in [6.45, 7) is 7.01. The molecule has 0 aliphatic carbocycles. The smallest absolute Gasteiger partial charge is 0.407 e. The summed E-state index contributed by atoms with van der Waals surface area (Å²) in [4.78, 5) is 13.9. The van der Waals surface area contributed by atoms with Crippen LogP contribution in [0, 0.1) is 11.3 Å². The molecule has 2 rings (SSSR count). The Morgan fingerprint density at radius 3 is 2.68 bits per heavy atom. The molecular formula is C14H19ClN4O2S. The van der Waals surface area contributed by atoms with Crippen LogP contribution in [0.25, 0.3) is 0 Å². The maximum Gasteiger partial charge on any atom is 0.407 e. The number of alkyl carbamates (subject to hydrolysis) is 1. The first kappa shape index (κ1) is 16.8. The fourth-order valence-corrected chi connectivity index (χ4v) is 3.35. The summed E-state index contributed by atoms with van der Waals surface area (Å²) in [5, 5.41) is 13.1. The van der Waals surface area contributed by atoms with Gasteiger partial charge in [-0.1, -0.05) is 11.6 Å². The summed E-state index contributed by atoms with van der Waals surface area (Å²) in [6, 6.07) is 2.18. The monoisotopic (exact) mass is 342 g/mol. The first-order valence-electron chi connectivity index (χ1n) is 7.10. The van der Waals surface area contributed by atoms with Crippen LogP contribution in [0.2, 0.25) is 5.15 Å². The zero-order chi connectivity index (χ0) is 16.3. The number of carbonyl (C=O) groups excluding carboxylic acids is 1. The second-order valence-electron chi connectivity index (χ2n) is 6.17. The van der Waals surface area contributed by atoms with E-state index in [1.165, 1.54) is 11.5 Å². The number of nitrogens with zero attached hydrogens (tertiary/aromatic N) is 3. The number of amides is 1. The molecule has 1 aliphatic rings. The normalized spacial score (nSPS) is 16.2. The van der Waals surface area contributed by atoms with Gasteiger partial charge in [0.2, 0.25) is 0 Å². The standard InChI is InChI=1S/C14H19ClN4O2S/c1-14(2,3)21-13(20)17-9-4-6-19(7-5-9)12-10(8-16)11(15)18-22-12/h9H,4-7H2,1-3H3,(H,17,20). The molecule has 0 radical (unpaired) electrons. The molecule has 2 heterocycles. The molecular weight excluding hydrogens is 324 g/mol. The number of hydrogen-bond acceptors (Lipinski definition) is 6. The summed E-state index contributed by atoms with van der Waals surface area (Å²) in [6.07, 6.45) is 1.20. The van der Waals surface area contributed by atoms with Crippen molar-refractivity contribution in [2.45, 2.75) is 45.3 Å². The molecule has 0 unspecified atom stereocenters. The van der Waals surface area contributed by atoms with Gasteiger partial charge in [0.05, 0.1) is 0 Å². The molecule has 0 spiro atoms. The summed E-state index contributed by atoms with van der Waals surface area (Å²) >= 11 is 7.14. The predicted octanol–water partition coefficient (Wildman–Crippen LogP) is 3.16. The van der Waals surface area contributed by atoms with Crippen molar-refractivity contribution >= 4 is 34.2 Å². The van der Waals surface area contributed by atoms with Gasteiger partial charge in [-0.25, -0.2) is 4.79 Å². The summed E-state index contributed by atoms with van der Waals surface area (Å²) in [5.41, 5.74) is -0.0588. The third-order valence-electron chi connectivity index (χ3n) is 3.25. The number of halogens is 1. The summed E-state index contributed by atoms with van der Waals surface area (Å²) in [5.74, 6) is 0. The van der Waals surface area contributed by atoms with E-state index in [0.717, 1.165) is 30.9 Å². The Morgan fingerprint density at radius 2 is 2.14 bits per heavy atom. The fraction of sp³-hybridized carbons (Fsp3) is 0.643. The highest BCUT2D eigenvalue weighted by molar-refractivity contribution is 7.10. The van der Waals surface area contributed by atoms with Gasteiger partial charge in [-0.2, -0.15) is 9.64 Å². The van der Waals surface area contributed by atoms with Gasteiger partial charge in [0.15, 0.2) is 5.15 Å². The first-order chi connectivity index (χ1) is 10.3. The maximum absolute atomic E-state index is 11.8. The van der Waals surface area contributed by atoms with E-state index in [1.807, 2.05) is 20.8 Å². The number of rotatable bonds is 2. The largest absolute Gasteiger partial charge is 0.444 e. The minimum atomic E-state index is -0.494. The maximum atomic E-state index is 11.8. The minimum absolute atomic E-state index is 0.0834. The molecule has 0 bridgehead atoms. The van der Waals surface area contributed by atoms with E-state index in [9.17, 15) is 4.79 Å². The third kappa shape index (κ3) is 4.24. The molecule has 1 N–H and O–H groups in total. The van der Waals surface area contributed by atoms with Crippen molar-refractivity contribution in [3.63, 3.8) is 0 Å². The number of aromatic nitrogens is 1. The molecule has 0 saturated carbocycles. The first-order valence-corrected chi connectivity index (χ1v) is 8.25. The van der Waals surface area contributed by atoms with Gasteiger partial charge in [0.25, 0.3) is 0 Å². The molecule has 0 atom stereocenters. The minimum Gasteiger partial charge on any atom is -0.444 e. The fourth-order valence-electron chi connectivity index (χ4n) is 2.27. The van der Waals surface area contributed by atoms with Gasteiger partial charge in [-0.3, -0.25) is 0 Å². The molecule has 22 heavy (non-hydrogen) atoms. The Morgan fingerprint density at radius 1 is 1.50 bits per heavy atom. The van der Waals surface area contributed by atoms with Crippen LogP contribution in [0.15, 0.2) is 0 Å². The topological polar surface area (TPSA) is 78.2 Å². The van der Waals surface area contributed by atoms with Crippen molar-refractivity contribution in [1.82, 2.24) is 9.69 Å². The van der Waals surface area contributed by atoms with Gasteiger partial charge in [-0.05, 0) is 45.1 Å². The van der Waals surface area contributed by atoms with Gasteiger partial charge >= 0.3 is 6.09 Å². The van der Waals surface area contributed by atoms with Crippen LogP contribution in [0.4, 0.5) is 9.80 Å². The molecule has 120 valence electrons. The summed E-state index contributed by atoms with van der Waals surface area (Å²) < 4.78 is 9.28. The molecule has 6 nitrogen and oxygen atoms in total. The van der Waals surface area contributed by atoms with E-state index < -0.39 is 5.60 Å². The lowest BCUT2D eigenvalue weighted by Gasteiger charge is -2.33. The van der Waals surface area contributed by atoms with Crippen LogP contribution in [0.3, 0.4) is 0 Å². The second-order valence-corrected chi connectivity index (χ2v) is 7.28. The van der Waals surface area contributed by atoms with E-state index in [2.05, 4.69) is 20.7 Å². The lowest BCUT2D eigenvalue weighted by molar-refractivity contribution is 0.0497. The highest BCUT2D eigenvalue weighted by Crippen LogP contribution is 2.32. The Kier molecular flexibility index (Phi) is 5.14. The number of anilines is 1. The van der Waals surface area contributed by atoms with Crippen molar-refractivity contribution in [1.29, 1.82) is 5.26 Å². The number of nitrogens with one attached hydrogen (secondary N) is 1. The van der Waals surface area contributed by atoms with E-state index in [4.69, 9.17) is 21.6 Å². The molecule has 0 aromatic carbocycles. The molecule has 1 saturated heterocycles. The van der Waals surface area contributed by atoms with Crippen LogP contribution in [0.5, 0.6) is 0 Å². The highest BCUT2D eigenvalue weighted by atomic mass is 35.5. The van der Waals surface area contributed by atoms with Crippen molar-refractivity contribution in [3.05, 3.63) is 10.7 Å². The van der Waals surface area contributed by atoms with E-state index in [-0.39, 0.29) is 17.3 Å². The average molecular weight is 343 g/mol. The SMILES string of the molecule is CC(C)(C)OC(=O)NC1CCN(c2snc(Cl)c2C#N)CC1. The number of piperidine rings is 1. The van der Waals surface area contributed by atoms with Crippen molar-refractivity contribution in [3.8, 4) is 6.07 Å². The van der Waals surface area contributed by atoms with Gasteiger partial charge in [0.1, 0.15) is 22.2 Å². The van der Waals surface area contributed by atoms with Crippen molar-refractivity contribution in [2.75, 3.05) is 18.0 Å². The molecule has 1 amide bonds. The van der Waals surface area contributed by atoms with Crippen molar-refractivity contribution in [2.24, 2.45) is 0 Å². The van der Waals surface area contributed by atoms with Gasteiger partial charge in [-0.15, -0.1) is 0 Å². The number of ether oxygens (including phenoxy) is 1. The van der Waals surface area contributed by atoms with E-state index in [1.54, 1.807) is 0 Å². The zero-order valence-corrected chi connectivity index (χ0v) is 14.4. The number of hydrogen-bond donors (Lipinski definition) is 1. The van der Waals surface area contributed by atoms with E-state index in [0.29, 0.717) is 5.56 Å². The van der Waals surface area contributed by atoms with Crippen LogP contribution in [-0.4, -0.2) is 35.2 Å². The van der Waals surface area contributed by atoms with Crippen LogP contribution >= 0.6 is 23.1 Å². The molecule has 1 aliphatic heterocycles. The lowest BCUT2D eigenvalue weighted by Crippen LogP contribution is -2.46. The van der Waals surface area contributed by atoms with Gasteiger partial charge < -0.3 is 15.0 Å². The van der Waals surface area contributed by atoms with Crippen LogP contribution < -0.4 is 10.2 Å². The highest BCUT2D eigenvalue weighted by Gasteiger charge is 2.26. The Labute approximate surface area is 139 Å². The molecule has 1 aromatic rings. The van der Waals surface area contributed by atoms with E-state index >= 15 is 0 Å². The Balaban J connectivity index is 1.88. The van der Waals surface area contributed by atoms with Crippen molar-refractivity contribution < 1.29 is 9.53 Å². The molecule has 8 heteroatoms.